The van der Waals surface area contributed by atoms with Gasteiger partial charge in [0.2, 0.25) is 0 Å². The van der Waals surface area contributed by atoms with Crippen LogP contribution >= 0.6 is 22.9 Å². The Bertz CT molecular complexity index is 266. The molecule has 1 heterocycles. The maximum Gasteiger partial charge on any atom is 0.123 e. The Kier molecular flexibility index (Phi) is 2.32. The molecule has 1 saturated heterocycles. The number of hydrogen-bond acceptors (Lipinski definition) is 1. The lowest BCUT2D eigenvalue weighted by molar-refractivity contribution is 0.318. The van der Waals surface area contributed by atoms with Gasteiger partial charge in [-0.3, -0.25) is 0 Å². The second-order valence-electron chi connectivity index (χ2n) is 3.08. The minimum atomic E-state index is -0.149. The van der Waals surface area contributed by atoms with Crippen molar-refractivity contribution in [3.05, 3.63) is 35.6 Å². The van der Waals surface area contributed by atoms with E-state index < -0.39 is 0 Å². The van der Waals surface area contributed by atoms with E-state index in [-0.39, 0.29) is 5.82 Å². The molecule has 1 aromatic rings. The van der Waals surface area contributed by atoms with Crippen molar-refractivity contribution in [2.24, 2.45) is 0 Å². The van der Waals surface area contributed by atoms with Gasteiger partial charge in [-0.05, 0) is 17.7 Å². The molecule has 0 spiro atoms. The lowest BCUT2D eigenvalue weighted by atomic mass is 9.94. The van der Waals surface area contributed by atoms with E-state index in [0.717, 1.165) is 13.1 Å². The average molecular weight is 277 g/mol. The zero-order chi connectivity index (χ0) is 8.55. The maximum absolute atomic E-state index is 12.5. The minimum absolute atomic E-state index is 0.149. The van der Waals surface area contributed by atoms with Crippen molar-refractivity contribution in [1.29, 1.82) is 0 Å². The molecule has 1 aliphatic heterocycles. The molecule has 0 aliphatic carbocycles. The van der Waals surface area contributed by atoms with Crippen LogP contribution in [0.15, 0.2) is 24.3 Å². The van der Waals surface area contributed by atoms with Crippen LogP contribution < -0.4 is 0 Å². The average Bonchev–Trinajstić information content (AvgIpc) is 2.01. The summed E-state index contributed by atoms with van der Waals surface area (Å²) in [6, 6.07) is 6.82. The van der Waals surface area contributed by atoms with Gasteiger partial charge < -0.3 is 0 Å². The molecule has 0 bridgehead atoms. The van der Waals surface area contributed by atoms with Crippen LogP contribution in [0, 0.1) is 5.82 Å². The van der Waals surface area contributed by atoms with Crippen LogP contribution in [0.1, 0.15) is 11.5 Å². The number of nitrogens with zero attached hydrogens (tertiary/aromatic N) is 1. The lowest BCUT2D eigenvalue weighted by Gasteiger charge is -2.34. The Morgan fingerprint density at radius 2 is 1.83 bits per heavy atom. The number of benzene rings is 1. The third-order valence-corrected chi connectivity index (χ3v) is 2.97. The number of hydrogen-bond donors (Lipinski definition) is 0. The van der Waals surface area contributed by atoms with E-state index in [2.05, 4.69) is 26.0 Å². The predicted molar refractivity (Wildman–Crippen MR) is 54.7 cm³/mol. The summed E-state index contributed by atoms with van der Waals surface area (Å²) in [6.07, 6.45) is 0. The molecule has 1 nitrogen and oxygen atoms in total. The molecule has 0 N–H and O–H groups in total. The van der Waals surface area contributed by atoms with Gasteiger partial charge in [-0.15, -0.1) is 0 Å². The molecule has 2 rings (SSSR count). The third kappa shape index (κ3) is 1.61. The van der Waals surface area contributed by atoms with Crippen molar-refractivity contribution in [2.75, 3.05) is 13.1 Å². The molecule has 0 unspecified atom stereocenters. The Morgan fingerprint density at radius 1 is 1.25 bits per heavy atom. The van der Waals surface area contributed by atoms with E-state index in [9.17, 15) is 4.39 Å². The van der Waals surface area contributed by atoms with Crippen LogP contribution in [-0.4, -0.2) is 16.2 Å². The molecule has 0 radical (unpaired) electrons. The molecule has 1 aromatic carbocycles. The normalized spacial score (nSPS) is 19.2. The fourth-order valence-corrected chi connectivity index (χ4v) is 2.32. The van der Waals surface area contributed by atoms with Crippen molar-refractivity contribution in [3.8, 4) is 0 Å². The second kappa shape index (κ2) is 3.30. The fraction of sp³-hybridized carbons (Fsp3) is 0.333. The van der Waals surface area contributed by atoms with Crippen LogP contribution in [0.25, 0.3) is 0 Å². The van der Waals surface area contributed by atoms with E-state index in [1.54, 1.807) is 0 Å². The summed E-state index contributed by atoms with van der Waals surface area (Å²) in [5, 5.41) is 0. The Morgan fingerprint density at radius 3 is 2.33 bits per heavy atom. The molecule has 64 valence electrons. The highest BCUT2D eigenvalue weighted by atomic mass is 127. The summed E-state index contributed by atoms with van der Waals surface area (Å²) in [5.74, 6) is 0.465. The molecule has 1 fully saturated rings. The summed E-state index contributed by atoms with van der Waals surface area (Å²) in [7, 11) is 0. The van der Waals surface area contributed by atoms with Gasteiger partial charge in [0.25, 0.3) is 0 Å². The molecule has 0 atom stereocenters. The van der Waals surface area contributed by atoms with Gasteiger partial charge in [0.15, 0.2) is 0 Å². The van der Waals surface area contributed by atoms with Gasteiger partial charge >= 0.3 is 0 Å². The van der Waals surface area contributed by atoms with Crippen LogP contribution in [0.4, 0.5) is 4.39 Å². The van der Waals surface area contributed by atoms with Gasteiger partial charge in [0.1, 0.15) is 5.82 Å². The third-order valence-electron chi connectivity index (χ3n) is 2.18. The van der Waals surface area contributed by atoms with Crippen molar-refractivity contribution in [2.45, 2.75) is 5.92 Å². The van der Waals surface area contributed by atoms with Crippen LogP contribution in [0.3, 0.4) is 0 Å². The summed E-state index contributed by atoms with van der Waals surface area (Å²) < 4.78 is 14.8. The Hall–Kier alpha value is -0.160. The van der Waals surface area contributed by atoms with Gasteiger partial charge in [0.05, 0.1) is 0 Å². The summed E-state index contributed by atoms with van der Waals surface area (Å²) in [5.41, 5.74) is 1.25. The first-order chi connectivity index (χ1) is 5.75. The summed E-state index contributed by atoms with van der Waals surface area (Å²) in [6.45, 7) is 2.18. The van der Waals surface area contributed by atoms with Crippen LogP contribution in [0.5, 0.6) is 0 Å². The Labute approximate surface area is 85.1 Å². The van der Waals surface area contributed by atoms with Gasteiger partial charge in [-0.1, -0.05) is 12.1 Å². The number of rotatable bonds is 1. The summed E-state index contributed by atoms with van der Waals surface area (Å²) >= 11 is 2.30. The molecular formula is C9H9FIN. The minimum Gasteiger partial charge on any atom is -0.246 e. The first-order valence-electron chi connectivity index (χ1n) is 3.92. The smallest absolute Gasteiger partial charge is 0.123 e. The second-order valence-corrected chi connectivity index (χ2v) is 4.44. The molecule has 1 aliphatic rings. The topological polar surface area (TPSA) is 3.24 Å². The SMILES string of the molecule is Fc1ccc(C2CN(I)C2)cc1. The predicted octanol–water partition coefficient (Wildman–Crippen LogP) is 2.57. The lowest BCUT2D eigenvalue weighted by Crippen LogP contribution is -2.37. The van der Waals surface area contributed by atoms with Gasteiger partial charge in [0, 0.05) is 41.9 Å². The van der Waals surface area contributed by atoms with E-state index in [4.69, 9.17) is 0 Å². The molecule has 12 heavy (non-hydrogen) atoms. The van der Waals surface area contributed by atoms with E-state index in [1.807, 2.05) is 12.1 Å². The van der Waals surface area contributed by atoms with E-state index >= 15 is 0 Å². The van der Waals surface area contributed by atoms with E-state index in [1.165, 1.54) is 17.7 Å². The van der Waals surface area contributed by atoms with Gasteiger partial charge in [-0.2, -0.15) is 0 Å². The largest absolute Gasteiger partial charge is 0.246 e. The van der Waals surface area contributed by atoms with Crippen LogP contribution in [0.2, 0.25) is 0 Å². The van der Waals surface area contributed by atoms with Gasteiger partial charge in [-0.25, -0.2) is 7.50 Å². The highest BCUT2D eigenvalue weighted by Crippen LogP contribution is 2.29. The van der Waals surface area contributed by atoms with Crippen molar-refractivity contribution in [1.82, 2.24) is 3.11 Å². The molecule has 0 aromatic heterocycles. The van der Waals surface area contributed by atoms with Crippen molar-refractivity contribution >= 4 is 22.9 Å². The quantitative estimate of drug-likeness (QED) is 0.563. The number of halogens is 2. The van der Waals surface area contributed by atoms with Crippen molar-refractivity contribution < 1.29 is 4.39 Å². The fourth-order valence-electron chi connectivity index (χ4n) is 1.37. The molecule has 3 heteroatoms. The maximum atomic E-state index is 12.5. The van der Waals surface area contributed by atoms with Crippen LogP contribution in [-0.2, 0) is 0 Å². The monoisotopic (exact) mass is 277 g/mol. The molecular weight excluding hydrogens is 268 g/mol. The highest BCUT2D eigenvalue weighted by molar-refractivity contribution is 14.1. The highest BCUT2D eigenvalue weighted by Gasteiger charge is 2.25. The molecule has 0 amide bonds. The zero-order valence-corrected chi connectivity index (χ0v) is 8.66. The first-order valence-corrected chi connectivity index (χ1v) is 4.88. The first kappa shape index (κ1) is 8.44. The zero-order valence-electron chi connectivity index (χ0n) is 6.50. The van der Waals surface area contributed by atoms with E-state index in [0.29, 0.717) is 5.92 Å². The Balaban J connectivity index is 2.09. The molecule has 0 saturated carbocycles. The van der Waals surface area contributed by atoms with Crippen molar-refractivity contribution in [3.63, 3.8) is 0 Å². The standard InChI is InChI=1S/C9H9FIN/c10-9-3-1-7(2-4-9)8-5-12(11)6-8/h1-4,8H,5-6H2. The summed E-state index contributed by atoms with van der Waals surface area (Å²) in [4.78, 5) is 0.